The maximum Gasteiger partial charge on any atom is 0.333 e. The van der Waals surface area contributed by atoms with Crippen LogP contribution in [0.3, 0.4) is 0 Å². The van der Waals surface area contributed by atoms with Crippen LogP contribution in [-0.2, 0) is 10.0 Å². The van der Waals surface area contributed by atoms with Crippen molar-refractivity contribution in [1.29, 1.82) is 0 Å². The highest BCUT2D eigenvalue weighted by Crippen LogP contribution is 2.17. The summed E-state index contributed by atoms with van der Waals surface area (Å²) in [5.74, 6) is 0. The van der Waals surface area contributed by atoms with E-state index in [1.807, 2.05) is 11.6 Å². The molecular weight excluding hydrogens is 404 g/mol. The minimum atomic E-state index is -4.08. The average molecular weight is 419 g/mol. The van der Waals surface area contributed by atoms with Gasteiger partial charge in [-0.3, -0.25) is 4.79 Å². The number of halogens is 1. The van der Waals surface area contributed by atoms with Gasteiger partial charge in [0.25, 0.3) is 15.6 Å². The van der Waals surface area contributed by atoms with E-state index in [0.29, 0.717) is 5.69 Å². The van der Waals surface area contributed by atoms with Gasteiger partial charge in [0.1, 0.15) is 5.02 Å². The van der Waals surface area contributed by atoms with Crippen molar-refractivity contribution >= 4 is 33.3 Å². The molecule has 2 aromatic carbocycles. The SMILES string of the molecule is Cc1ccc(S(=O)(=O)NC(=O)Nc2cnn(-c3ccccc3)c(=O)c2Cl)cc1. The van der Waals surface area contributed by atoms with Crippen molar-refractivity contribution in [3.8, 4) is 5.69 Å². The smallest absolute Gasteiger partial charge is 0.304 e. The molecule has 0 unspecified atom stereocenters. The Morgan fingerprint density at radius 2 is 1.71 bits per heavy atom. The first kappa shape index (κ1) is 19.6. The first-order valence-electron chi connectivity index (χ1n) is 8.01. The lowest BCUT2D eigenvalue weighted by Crippen LogP contribution is -2.35. The van der Waals surface area contributed by atoms with Gasteiger partial charge in [0.05, 0.1) is 22.5 Å². The minimum absolute atomic E-state index is 0.0723. The van der Waals surface area contributed by atoms with Crippen LogP contribution in [0.1, 0.15) is 5.56 Å². The lowest BCUT2D eigenvalue weighted by molar-refractivity contribution is 0.256. The lowest BCUT2D eigenvalue weighted by Gasteiger charge is -2.11. The highest BCUT2D eigenvalue weighted by atomic mass is 35.5. The van der Waals surface area contributed by atoms with Gasteiger partial charge in [-0.2, -0.15) is 9.78 Å². The first-order valence-corrected chi connectivity index (χ1v) is 9.88. The van der Waals surface area contributed by atoms with Gasteiger partial charge >= 0.3 is 6.03 Å². The van der Waals surface area contributed by atoms with Gasteiger partial charge in [-0.15, -0.1) is 0 Å². The number of amides is 2. The number of hydrogen-bond acceptors (Lipinski definition) is 5. The van der Waals surface area contributed by atoms with E-state index in [9.17, 15) is 18.0 Å². The molecule has 10 heteroatoms. The van der Waals surface area contributed by atoms with E-state index in [4.69, 9.17) is 11.6 Å². The summed E-state index contributed by atoms with van der Waals surface area (Å²) in [5, 5.41) is 5.88. The molecule has 3 aromatic rings. The van der Waals surface area contributed by atoms with Crippen molar-refractivity contribution in [2.75, 3.05) is 5.32 Å². The second-order valence-electron chi connectivity index (χ2n) is 5.80. The predicted octanol–water partition coefficient (Wildman–Crippen LogP) is 2.70. The van der Waals surface area contributed by atoms with Crippen molar-refractivity contribution in [2.24, 2.45) is 0 Å². The number of carbonyl (C=O) groups is 1. The Bertz CT molecular complexity index is 1180. The Hall–Kier alpha value is -3.17. The molecule has 0 bridgehead atoms. The summed E-state index contributed by atoms with van der Waals surface area (Å²) in [6, 6.07) is 13.5. The van der Waals surface area contributed by atoms with Gasteiger partial charge in [-0.1, -0.05) is 47.5 Å². The third-order valence-electron chi connectivity index (χ3n) is 3.73. The van der Waals surface area contributed by atoms with Gasteiger partial charge in [0, 0.05) is 0 Å². The number of para-hydroxylation sites is 1. The summed E-state index contributed by atoms with van der Waals surface area (Å²) in [7, 11) is -4.08. The first-order chi connectivity index (χ1) is 13.3. The van der Waals surface area contributed by atoms with Gasteiger partial charge in [-0.05, 0) is 31.2 Å². The Labute approximate surface area is 165 Å². The number of hydrogen-bond donors (Lipinski definition) is 2. The number of aromatic nitrogens is 2. The molecule has 28 heavy (non-hydrogen) atoms. The summed E-state index contributed by atoms with van der Waals surface area (Å²) in [4.78, 5) is 24.4. The Morgan fingerprint density at radius 3 is 2.36 bits per heavy atom. The average Bonchev–Trinajstić information content (AvgIpc) is 2.66. The van der Waals surface area contributed by atoms with Crippen LogP contribution in [0.4, 0.5) is 10.5 Å². The van der Waals surface area contributed by atoms with Crippen molar-refractivity contribution in [3.05, 3.63) is 81.7 Å². The molecule has 0 radical (unpaired) electrons. The number of aryl methyl sites for hydroxylation is 1. The molecule has 144 valence electrons. The monoisotopic (exact) mass is 418 g/mol. The number of carbonyl (C=O) groups excluding carboxylic acids is 1. The van der Waals surface area contributed by atoms with E-state index in [-0.39, 0.29) is 15.6 Å². The van der Waals surface area contributed by atoms with Crippen molar-refractivity contribution in [1.82, 2.24) is 14.5 Å². The highest BCUT2D eigenvalue weighted by molar-refractivity contribution is 7.90. The number of sulfonamides is 1. The molecule has 0 fully saturated rings. The molecule has 0 atom stereocenters. The third-order valence-corrected chi connectivity index (χ3v) is 5.44. The maximum atomic E-state index is 12.4. The molecule has 0 saturated heterocycles. The molecule has 8 nitrogen and oxygen atoms in total. The zero-order valence-electron chi connectivity index (χ0n) is 14.6. The number of urea groups is 1. The standard InChI is InChI=1S/C18H15ClN4O4S/c1-12-7-9-14(10-8-12)28(26,27)22-18(25)21-15-11-20-23(17(24)16(15)19)13-5-3-2-4-6-13/h2-11H,1H3,(H2,21,22,25). The Morgan fingerprint density at radius 1 is 1.07 bits per heavy atom. The summed E-state index contributed by atoms with van der Waals surface area (Å²) >= 11 is 6.03. The quantitative estimate of drug-likeness (QED) is 0.676. The number of rotatable bonds is 4. The van der Waals surface area contributed by atoms with Crippen LogP contribution in [0.5, 0.6) is 0 Å². The summed E-state index contributed by atoms with van der Waals surface area (Å²) in [6.07, 6.45) is 1.16. The second-order valence-corrected chi connectivity index (χ2v) is 7.86. The van der Waals surface area contributed by atoms with Crippen molar-refractivity contribution in [2.45, 2.75) is 11.8 Å². The lowest BCUT2D eigenvalue weighted by atomic mass is 10.2. The fourth-order valence-electron chi connectivity index (χ4n) is 2.32. The minimum Gasteiger partial charge on any atom is -0.304 e. The van der Waals surface area contributed by atoms with Crippen LogP contribution in [0.2, 0.25) is 5.02 Å². The third kappa shape index (κ3) is 4.21. The van der Waals surface area contributed by atoms with Gasteiger partial charge in [0.15, 0.2) is 0 Å². The highest BCUT2D eigenvalue weighted by Gasteiger charge is 2.19. The van der Waals surface area contributed by atoms with Crippen LogP contribution in [0.25, 0.3) is 5.69 Å². The second kappa shape index (κ2) is 7.83. The van der Waals surface area contributed by atoms with Crippen LogP contribution >= 0.6 is 11.6 Å². The van der Waals surface area contributed by atoms with E-state index in [1.165, 1.54) is 12.1 Å². The number of benzene rings is 2. The van der Waals surface area contributed by atoms with Gasteiger partial charge in [0.2, 0.25) is 0 Å². The fraction of sp³-hybridized carbons (Fsp3) is 0.0556. The molecule has 3 rings (SSSR count). The zero-order valence-corrected chi connectivity index (χ0v) is 16.2. The zero-order chi connectivity index (χ0) is 20.3. The normalized spacial score (nSPS) is 11.1. The topological polar surface area (TPSA) is 110 Å². The number of anilines is 1. The Balaban J connectivity index is 1.80. The van der Waals surface area contributed by atoms with Crippen LogP contribution in [0.15, 0.2) is 70.5 Å². The van der Waals surface area contributed by atoms with Gasteiger partial charge in [-0.25, -0.2) is 17.9 Å². The van der Waals surface area contributed by atoms with E-state index in [2.05, 4.69) is 10.4 Å². The van der Waals surface area contributed by atoms with E-state index in [1.54, 1.807) is 42.5 Å². The fourth-order valence-corrected chi connectivity index (χ4v) is 3.40. The molecule has 0 aliphatic carbocycles. The molecule has 0 aliphatic heterocycles. The number of nitrogens with one attached hydrogen (secondary N) is 2. The van der Waals surface area contributed by atoms with E-state index >= 15 is 0 Å². The largest absolute Gasteiger partial charge is 0.333 e. The predicted molar refractivity (Wildman–Crippen MR) is 105 cm³/mol. The molecule has 2 amide bonds. The Kier molecular flexibility index (Phi) is 5.48. The summed E-state index contributed by atoms with van der Waals surface area (Å²) < 4.78 is 27.4. The molecule has 1 aromatic heterocycles. The van der Waals surface area contributed by atoms with Crippen molar-refractivity contribution < 1.29 is 13.2 Å². The summed E-state index contributed by atoms with van der Waals surface area (Å²) in [6.45, 7) is 1.81. The molecule has 0 spiro atoms. The molecule has 2 N–H and O–H groups in total. The molecule has 0 saturated carbocycles. The van der Waals surface area contributed by atoms with E-state index < -0.39 is 21.6 Å². The molecular formula is C18H15ClN4O4S. The van der Waals surface area contributed by atoms with E-state index in [0.717, 1.165) is 16.4 Å². The molecule has 1 heterocycles. The van der Waals surface area contributed by atoms with Crippen LogP contribution < -0.4 is 15.6 Å². The molecule has 0 aliphatic rings. The maximum absolute atomic E-state index is 12.4. The van der Waals surface area contributed by atoms with Gasteiger partial charge < -0.3 is 5.32 Å². The number of nitrogens with zero attached hydrogens (tertiary/aromatic N) is 2. The van der Waals surface area contributed by atoms with Crippen LogP contribution in [-0.4, -0.2) is 24.2 Å². The summed E-state index contributed by atoms with van der Waals surface area (Å²) in [5.41, 5.74) is 0.593. The van der Waals surface area contributed by atoms with Crippen molar-refractivity contribution in [3.63, 3.8) is 0 Å². The van der Waals surface area contributed by atoms with Crippen LogP contribution in [0, 0.1) is 6.92 Å².